The van der Waals surface area contributed by atoms with Crippen LogP contribution in [0.4, 0.5) is 15.2 Å². The number of nitrogens with zero attached hydrogens (tertiary/aromatic N) is 4. The molecule has 2 aromatic carbocycles. The average molecular weight is 473 g/mol. The van der Waals surface area contributed by atoms with E-state index in [0.717, 1.165) is 11.8 Å². The van der Waals surface area contributed by atoms with Crippen LogP contribution in [0.5, 0.6) is 0 Å². The Bertz CT molecular complexity index is 1380. The van der Waals surface area contributed by atoms with Crippen LogP contribution in [-0.2, 0) is 10.0 Å². The maximum Gasteiger partial charge on any atom is 0.297 e. The van der Waals surface area contributed by atoms with Gasteiger partial charge < -0.3 is 0 Å². The number of thiazole rings is 1. The predicted molar refractivity (Wildman–Crippen MR) is 120 cm³/mol. The van der Waals surface area contributed by atoms with Crippen molar-refractivity contribution in [2.75, 3.05) is 16.3 Å². The fourth-order valence-corrected chi connectivity index (χ4v) is 4.13. The van der Waals surface area contributed by atoms with Gasteiger partial charge in [-0.25, -0.2) is 27.5 Å². The summed E-state index contributed by atoms with van der Waals surface area (Å²) in [6.45, 7) is 1.69. The number of aryl methyl sites for hydroxylation is 1. The molecule has 2 aromatic heterocycles. The highest BCUT2D eigenvalue weighted by Crippen LogP contribution is 2.26. The third-order valence-electron chi connectivity index (χ3n) is 4.25. The van der Waals surface area contributed by atoms with Gasteiger partial charge in [-0.15, -0.1) is 16.4 Å². The SMILES string of the molecule is Cc1nc(C(=O)Nc2nc(-c3ccc(NS(C)(=O)=O)cc3)cs2)nn1-c1ccc(F)cc1. The van der Waals surface area contributed by atoms with Gasteiger partial charge in [0.1, 0.15) is 11.6 Å². The average Bonchev–Trinajstić information content (AvgIpc) is 3.35. The molecule has 0 saturated heterocycles. The molecule has 4 aromatic rings. The summed E-state index contributed by atoms with van der Waals surface area (Å²) in [7, 11) is -3.35. The fraction of sp³-hybridized carbons (Fsp3) is 0.100. The minimum absolute atomic E-state index is 0.0419. The number of nitrogens with one attached hydrogen (secondary N) is 2. The van der Waals surface area contributed by atoms with Crippen LogP contribution in [0.3, 0.4) is 0 Å². The van der Waals surface area contributed by atoms with Crippen LogP contribution in [0.1, 0.15) is 16.4 Å². The zero-order valence-corrected chi connectivity index (χ0v) is 18.5. The molecule has 0 bridgehead atoms. The maximum absolute atomic E-state index is 13.1. The van der Waals surface area contributed by atoms with E-state index in [1.807, 2.05) is 0 Å². The Morgan fingerprint density at radius 2 is 1.75 bits per heavy atom. The zero-order valence-electron chi connectivity index (χ0n) is 16.9. The number of halogens is 1. The Morgan fingerprint density at radius 1 is 1.06 bits per heavy atom. The van der Waals surface area contributed by atoms with Gasteiger partial charge in [0.25, 0.3) is 5.91 Å². The van der Waals surface area contributed by atoms with Crippen LogP contribution < -0.4 is 10.0 Å². The minimum Gasteiger partial charge on any atom is -0.295 e. The number of aromatic nitrogens is 4. The molecule has 0 aliphatic heterocycles. The molecule has 4 rings (SSSR count). The van der Waals surface area contributed by atoms with Gasteiger partial charge >= 0.3 is 0 Å². The summed E-state index contributed by atoms with van der Waals surface area (Å²) in [6.07, 6.45) is 1.08. The summed E-state index contributed by atoms with van der Waals surface area (Å²) in [4.78, 5) is 21.1. The molecule has 0 fully saturated rings. The highest BCUT2D eigenvalue weighted by Gasteiger charge is 2.17. The smallest absolute Gasteiger partial charge is 0.295 e. The van der Waals surface area contributed by atoms with Crippen molar-refractivity contribution in [3.05, 3.63) is 71.4 Å². The van der Waals surface area contributed by atoms with E-state index in [2.05, 4.69) is 25.1 Å². The van der Waals surface area contributed by atoms with Crippen LogP contribution in [0, 0.1) is 12.7 Å². The van der Waals surface area contributed by atoms with Gasteiger partial charge in [-0.2, -0.15) is 0 Å². The number of hydrogen-bond donors (Lipinski definition) is 2. The first-order valence-corrected chi connectivity index (χ1v) is 12.0. The number of anilines is 2. The first kappa shape index (κ1) is 21.6. The van der Waals surface area contributed by atoms with Gasteiger partial charge in [0.2, 0.25) is 15.8 Å². The predicted octanol–water partition coefficient (Wildman–Crippen LogP) is 3.46. The van der Waals surface area contributed by atoms with Crippen molar-refractivity contribution in [3.63, 3.8) is 0 Å². The quantitative estimate of drug-likeness (QED) is 0.444. The van der Waals surface area contributed by atoms with E-state index in [0.29, 0.717) is 28.0 Å². The first-order valence-electron chi connectivity index (χ1n) is 9.23. The zero-order chi connectivity index (χ0) is 22.9. The Balaban J connectivity index is 1.47. The lowest BCUT2D eigenvalue weighted by molar-refractivity contribution is 0.101. The molecular formula is C20H17FN6O3S2. The monoisotopic (exact) mass is 472 g/mol. The summed E-state index contributed by atoms with van der Waals surface area (Å²) in [5.74, 6) is -0.461. The Morgan fingerprint density at radius 3 is 2.41 bits per heavy atom. The van der Waals surface area contributed by atoms with Gasteiger partial charge in [0.05, 0.1) is 17.6 Å². The minimum atomic E-state index is -3.35. The molecule has 32 heavy (non-hydrogen) atoms. The lowest BCUT2D eigenvalue weighted by Crippen LogP contribution is -2.14. The molecule has 1 amide bonds. The molecule has 9 nitrogen and oxygen atoms in total. The number of carbonyl (C=O) groups excluding carboxylic acids is 1. The van der Waals surface area contributed by atoms with E-state index in [1.165, 1.54) is 28.2 Å². The molecular weight excluding hydrogens is 455 g/mol. The summed E-state index contributed by atoms with van der Waals surface area (Å²) < 4.78 is 39.6. The summed E-state index contributed by atoms with van der Waals surface area (Å²) in [5, 5.41) is 9.00. The molecule has 0 saturated carbocycles. The number of rotatable bonds is 6. The van der Waals surface area contributed by atoms with Crippen LogP contribution in [0.2, 0.25) is 0 Å². The van der Waals surface area contributed by atoms with Gasteiger partial charge in [-0.1, -0.05) is 12.1 Å². The third-order valence-corrected chi connectivity index (χ3v) is 5.62. The van der Waals surface area contributed by atoms with Gasteiger partial charge in [-0.05, 0) is 43.3 Å². The van der Waals surface area contributed by atoms with E-state index in [1.54, 1.807) is 48.7 Å². The molecule has 164 valence electrons. The summed E-state index contributed by atoms with van der Waals surface area (Å²) in [5.41, 5.74) is 2.41. The Kier molecular flexibility index (Phi) is 5.72. The molecule has 0 unspecified atom stereocenters. The van der Waals surface area contributed by atoms with E-state index < -0.39 is 15.9 Å². The van der Waals surface area contributed by atoms with Crippen molar-refractivity contribution in [3.8, 4) is 16.9 Å². The van der Waals surface area contributed by atoms with Crippen molar-refractivity contribution in [2.45, 2.75) is 6.92 Å². The highest BCUT2D eigenvalue weighted by molar-refractivity contribution is 7.92. The molecule has 0 aliphatic carbocycles. The molecule has 0 spiro atoms. The fourth-order valence-electron chi connectivity index (χ4n) is 2.85. The molecule has 0 aliphatic rings. The van der Waals surface area contributed by atoms with E-state index in [9.17, 15) is 17.6 Å². The van der Waals surface area contributed by atoms with Gasteiger partial charge in [0, 0.05) is 16.6 Å². The molecule has 2 N–H and O–H groups in total. The third kappa shape index (κ3) is 4.98. The second kappa shape index (κ2) is 8.48. The van der Waals surface area contributed by atoms with Crippen molar-refractivity contribution in [1.29, 1.82) is 0 Å². The maximum atomic E-state index is 13.1. The summed E-state index contributed by atoms with van der Waals surface area (Å²) in [6, 6.07) is 12.4. The topological polar surface area (TPSA) is 119 Å². The Hall–Kier alpha value is -3.64. The number of carbonyl (C=O) groups is 1. The van der Waals surface area contributed by atoms with E-state index in [-0.39, 0.29) is 11.6 Å². The first-order chi connectivity index (χ1) is 15.2. The number of amides is 1. The second-order valence-electron chi connectivity index (χ2n) is 6.81. The second-order valence-corrected chi connectivity index (χ2v) is 9.42. The molecule has 2 heterocycles. The molecule has 0 atom stereocenters. The van der Waals surface area contributed by atoms with E-state index in [4.69, 9.17) is 0 Å². The number of sulfonamides is 1. The van der Waals surface area contributed by atoms with Crippen LogP contribution in [-0.4, -0.2) is 40.3 Å². The van der Waals surface area contributed by atoms with Crippen molar-refractivity contribution >= 4 is 38.1 Å². The van der Waals surface area contributed by atoms with Crippen LogP contribution >= 0.6 is 11.3 Å². The number of hydrogen-bond acceptors (Lipinski definition) is 7. The normalized spacial score (nSPS) is 11.3. The Labute approximate surface area is 187 Å². The standard InChI is InChI=1S/C20H17FN6O3S2/c1-12-22-18(25-27(12)16-9-5-14(21)6-10-16)19(28)24-20-23-17(11-31-20)13-3-7-15(8-4-13)26-32(2,29)30/h3-11,26H,1-2H3,(H,23,24,28). The lowest BCUT2D eigenvalue weighted by Gasteiger charge is -2.04. The highest BCUT2D eigenvalue weighted by atomic mass is 32.2. The van der Waals surface area contributed by atoms with Crippen molar-refractivity contribution in [1.82, 2.24) is 19.7 Å². The van der Waals surface area contributed by atoms with Gasteiger partial charge in [-0.3, -0.25) is 14.8 Å². The number of benzene rings is 2. The summed E-state index contributed by atoms with van der Waals surface area (Å²) >= 11 is 1.23. The largest absolute Gasteiger partial charge is 0.297 e. The van der Waals surface area contributed by atoms with Crippen molar-refractivity contribution < 1.29 is 17.6 Å². The van der Waals surface area contributed by atoms with Crippen LogP contribution in [0.15, 0.2) is 53.9 Å². The molecule has 0 radical (unpaired) electrons. The van der Waals surface area contributed by atoms with Crippen molar-refractivity contribution in [2.24, 2.45) is 0 Å². The van der Waals surface area contributed by atoms with Gasteiger partial charge in [0.15, 0.2) is 5.13 Å². The lowest BCUT2D eigenvalue weighted by atomic mass is 10.1. The molecule has 12 heteroatoms. The van der Waals surface area contributed by atoms with E-state index >= 15 is 0 Å². The van der Waals surface area contributed by atoms with Crippen LogP contribution in [0.25, 0.3) is 16.9 Å².